The normalized spacial score (nSPS) is 21.2. The highest BCUT2D eigenvalue weighted by Crippen LogP contribution is 2.14. The van der Waals surface area contributed by atoms with Crippen LogP contribution in [-0.2, 0) is 16.0 Å². The number of rotatable bonds is 5. The van der Waals surface area contributed by atoms with Gasteiger partial charge < -0.3 is 29.9 Å². The Balaban J connectivity index is 2.02. The lowest BCUT2D eigenvalue weighted by Gasteiger charge is -2.21. The fraction of sp³-hybridized carbons (Fsp3) is 0.500. The predicted octanol–water partition coefficient (Wildman–Crippen LogP) is -0.474. The molecule has 0 aliphatic carbocycles. The van der Waals surface area contributed by atoms with Crippen molar-refractivity contribution in [2.75, 3.05) is 27.3 Å². The van der Waals surface area contributed by atoms with E-state index in [0.29, 0.717) is 5.75 Å². The quantitative estimate of drug-likeness (QED) is 0.626. The maximum Gasteiger partial charge on any atom is 0.328 e. The van der Waals surface area contributed by atoms with E-state index in [0.717, 1.165) is 5.56 Å². The number of carbonyl (C=O) groups is 2. The van der Waals surface area contributed by atoms with E-state index in [-0.39, 0.29) is 19.5 Å². The minimum atomic E-state index is -0.978. The van der Waals surface area contributed by atoms with Gasteiger partial charge in [0.2, 0.25) is 0 Å². The van der Waals surface area contributed by atoms with E-state index in [9.17, 15) is 19.8 Å². The van der Waals surface area contributed by atoms with Crippen molar-refractivity contribution >= 4 is 12.0 Å². The van der Waals surface area contributed by atoms with E-state index < -0.39 is 30.3 Å². The summed E-state index contributed by atoms with van der Waals surface area (Å²) in [5, 5.41) is 21.6. The van der Waals surface area contributed by atoms with Gasteiger partial charge in [-0.25, -0.2) is 9.59 Å². The first-order valence-corrected chi connectivity index (χ1v) is 7.57. The van der Waals surface area contributed by atoms with Crippen LogP contribution in [0.2, 0.25) is 0 Å². The Labute approximate surface area is 140 Å². The number of esters is 1. The summed E-state index contributed by atoms with van der Waals surface area (Å²) in [5.74, 6) is 0.122. The third-order valence-corrected chi connectivity index (χ3v) is 3.93. The first-order chi connectivity index (χ1) is 11.4. The van der Waals surface area contributed by atoms with Crippen molar-refractivity contribution in [2.24, 2.45) is 0 Å². The average Bonchev–Trinajstić information content (AvgIpc) is 2.93. The zero-order chi connectivity index (χ0) is 17.7. The Morgan fingerprint density at radius 1 is 1.21 bits per heavy atom. The van der Waals surface area contributed by atoms with Crippen molar-refractivity contribution in [2.45, 2.75) is 24.7 Å². The third-order valence-electron chi connectivity index (χ3n) is 3.93. The molecule has 1 aromatic rings. The van der Waals surface area contributed by atoms with Crippen LogP contribution >= 0.6 is 0 Å². The zero-order valence-electron chi connectivity index (χ0n) is 13.6. The average molecular weight is 338 g/mol. The summed E-state index contributed by atoms with van der Waals surface area (Å²) in [6.07, 6.45) is -1.70. The second-order valence-corrected chi connectivity index (χ2v) is 5.62. The van der Waals surface area contributed by atoms with Crippen LogP contribution in [0.15, 0.2) is 24.3 Å². The summed E-state index contributed by atoms with van der Waals surface area (Å²) in [4.78, 5) is 25.4. The Hall–Kier alpha value is -2.32. The highest BCUT2D eigenvalue weighted by Gasteiger charge is 2.34. The molecule has 24 heavy (non-hydrogen) atoms. The molecule has 3 N–H and O–H groups in total. The predicted molar refractivity (Wildman–Crippen MR) is 84.6 cm³/mol. The first kappa shape index (κ1) is 18.0. The number of likely N-dealkylation sites (tertiary alicyclic amines) is 1. The second kappa shape index (κ2) is 7.98. The van der Waals surface area contributed by atoms with Crippen LogP contribution in [0.25, 0.3) is 0 Å². The molecule has 0 bridgehead atoms. The largest absolute Gasteiger partial charge is 0.497 e. The van der Waals surface area contributed by atoms with Crippen molar-refractivity contribution < 1.29 is 29.3 Å². The number of hydrogen-bond donors (Lipinski definition) is 3. The Morgan fingerprint density at radius 3 is 2.29 bits per heavy atom. The number of aliphatic hydroxyl groups excluding tert-OH is 2. The van der Waals surface area contributed by atoms with Gasteiger partial charge in [-0.2, -0.15) is 0 Å². The van der Waals surface area contributed by atoms with E-state index in [4.69, 9.17) is 9.47 Å². The summed E-state index contributed by atoms with van der Waals surface area (Å²) in [5.41, 5.74) is 0.827. The van der Waals surface area contributed by atoms with E-state index in [1.54, 1.807) is 31.4 Å². The maximum atomic E-state index is 12.2. The van der Waals surface area contributed by atoms with Crippen LogP contribution < -0.4 is 10.1 Å². The van der Waals surface area contributed by atoms with Crippen molar-refractivity contribution in [1.82, 2.24) is 10.2 Å². The number of carbonyl (C=O) groups excluding carboxylic acids is 2. The molecular weight excluding hydrogens is 316 g/mol. The number of methoxy groups -OCH3 is 2. The van der Waals surface area contributed by atoms with E-state index in [1.165, 1.54) is 12.0 Å². The summed E-state index contributed by atoms with van der Waals surface area (Å²) < 4.78 is 9.82. The van der Waals surface area contributed by atoms with Gasteiger partial charge >= 0.3 is 12.0 Å². The molecule has 8 nitrogen and oxygen atoms in total. The number of amides is 2. The van der Waals surface area contributed by atoms with Crippen LogP contribution in [0.4, 0.5) is 4.79 Å². The molecule has 3 atom stereocenters. The Kier molecular flexibility index (Phi) is 5.99. The lowest BCUT2D eigenvalue weighted by atomic mass is 10.1. The van der Waals surface area contributed by atoms with Gasteiger partial charge in [-0.15, -0.1) is 0 Å². The van der Waals surface area contributed by atoms with Crippen LogP contribution in [0.1, 0.15) is 5.56 Å². The van der Waals surface area contributed by atoms with Crippen molar-refractivity contribution in [1.29, 1.82) is 0 Å². The second-order valence-electron chi connectivity index (χ2n) is 5.62. The number of hydrogen-bond acceptors (Lipinski definition) is 6. The first-order valence-electron chi connectivity index (χ1n) is 7.57. The minimum Gasteiger partial charge on any atom is -0.497 e. The molecule has 1 fully saturated rings. The highest BCUT2D eigenvalue weighted by atomic mass is 16.5. The lowest BCUT2D eigenvalue weighted by molar-refractivity contribution is -0.142. The van der Waals surface area contributed by atoms with Crippen LogP contribution in [0, 0.1) is 0 Å². The molecular formula is C16H22N2O6. The molecule has 2 rings (SSSR count). The fourth-order valence-corrected chi connectivity index (χ4v) is 2.51. The maximum absolute atomic E-state index is 12.2. The molecule has 0 spiro atoms. The molecule has 0 radical (unpaired) electrons. The van der Waals surface area contributed by atoms with Gasteiger partial charge in [-0.3, -0.25) is 0 Å². The van der Waals surface area contributed by atoms with Gasteiger partial charge in [0.1, 0.15) is 11.8 Å². The van der Waals surface area contributed by atoms with Crippen molar-refractivity contribution in [3.05, 3.63) is 29.8 Å². The topological polar surface area (TPSA) is 108 Å². The Morgan fingerprint density at radius 2 is 1.79 bits per heavy atom. The highest BCUT2D eigenvalue weighted by molar-refractivity contribution is 5.84. The van der Waals surface area contributed by atoms with Crippen molar-refractivity contribution in [3.63, 3.8) is 0 Å². The van der Waals surface area contributed by atoms with Gasteiger partial charge in [-0.1, -0.05) is 12.1 Å². The van der Waals surface area contributed by atoms with Crippen molar-refractivity contribution in [3.8, 4) is 5.75 Å². The third kappa shape index (κ3) is 4.36. The van der Waals surface area contributed by atoms with Gasteiger partial charge in [-0.05, 0) is 17.7 Å². The molecule has 1 aliphatic rings. The van der Waals surface area contributed by atoms with Crippen LogP contribution in [0.5, 0.6) is 5.75 Å². The molecule has 1 saturated heterocycles. The monoisotopic (exact) mass is 338 g/mol. The summed E-state index contributed by atoms with van der Waals surface area (Å²) in [6.45, 7) is 0.0346. The standard InChI is InChI=1S/C16H22N2O6/c1-23-11-5-3-10(4-6-11)7-12(15(21)24-2)17-16(22)18-8-13(19)14(20)9-18/h3-6,12-14,19-20H,7-9H2,1-2H3,(H,17,22)/t12-,13-,14+/m0/s1. The number of urea groups is 1. The molecule has 2 amide bonds. The minimum absolute atomic E-state index is 0.0173. The molecule has 0 unspecified atom stereocenters. The van der Waals surface area contributed by atoms with Crippen LogP contribution in [-0.4, -0.2) is 72.7 Å². The number of nitrogens with zero attached hydrogens (tertiary/aromatic N) is 1. The lowest BCUT2D eigenvalue weighted by Crippen LogP contribution is -2.49. The Bertz CT molecular complexity index is 566. The van der Waals surface area contributed by atoms with Gasteiger partial charge in [0.15, 0.2) is 0 Å². The van der Waals surface area contributed by atoms with E-state index in [1.807, 2.05) is 0 Å². The zero-order valence-corrected chi connectivity index (χ0v) is 13.6. The number of benzene rings is 1. The SMILES string of the molecule is COC(=O)[C@H](Cc1ccc(OC)cc1)NC(=O)N1C[C@@H](O)[C@@H](O)C1. The molecule has 0 aromatic heterocycles. The van der Waals surface area contributed by atoms with E-state index in [2.05, 4.69) is 5.32 Å². The molecule has 0 saturated carbocycles. The summed E-state index contributed by atoms with van der Waals surface area (Å²) in [6, 6.07) is 5.71. The van der Waals surface area contributed by atoms with Gasteiger partial charge in [0.25, 0.3) is 0 Å². The number of aliphatic hydroxyl groups is 2. The number of β-amino-alcohol motifs (C(OH)–C–C–N with tert-alkyl or cyclic N) is 2. The molecule has 1 aliphatic heterocycles. The van der Waals surface area contributed by atoms with Gasteiger partial charge in [0, 0.05) is 6.42 Å². The van der Waals surface area contributed by atoms with Crippen LogP contribution in [0.3, 0.4) is 0 Å². The fourth-order valence-electron chi connectivity index (χ4n) is 2.51. The summed E-state index contributed by atoms with van der Waals surface area (Å²) >= 11 is 0. The molecule has 1 heterocycles. The molecule has 132 valence electrons. The summed E-state index contributed by atoms with van der Waals surface area (Å²) in [7, 11) is 2.81. The number of nitrogens with one attached hydrogen (secondary N) is 1. The van der Waals surface area contributed by atoms with E-state index >= 15 is 0 Å². The number of ether oxygens (including phenoxy) is 2. The molecule has 1 aromatic carbocycles. The smallest absolute Gasteiger partial charge is 0.328 e. The molecule has 8 heteroatoms. The van der Waals surface area contributed by atoms with Gasteiger partial charge in [0.05, 0.1) is 39.5 Å².